The Morgan fingerprint density at radius 3 is 2.45 bits per heavy atom. The highest BCUT2D eigenvalue weighted by atomic mass is 16.7. The highest BCUT2D eigenvalue weighted by Gasteiger charge is 2.77. The van der Waals surface area contributed by atoms with Crippen LogP contribution in [0.25, 0.3) is 0 Å². The number of ether oxygens (including phenoxy) is 6. The number of aliphatic hydroxyl groups is 1. The van der Waals surface area contributed by atoms with E-state index in [0.717, 1.165) is 11.1 Å². The summed E-state index contributed by atoms with van der Waals surface area (Å²) in [5.74, 6) is -2.38. The van der Waals surface area contributed by atoms with Crippen molar-refractivity contribution >= 4 is 17.9 Å². The van der Waals surface area contributed by atoms with E-state index in [1.807, 2.05) is 6.92 Å². The number of aliphatic hydroxyl groups excluding tert-OH is 1. The Balaban J connectivity index is 1.58. The minimum Gasteiger partial charge on any atom is -0.462 e. The van der Waals surface area contributed by atoms with Gasteiger partial charge in [0.15, 0.2) is 6.29 Å². The normalized spacial score (nSPS) is 47.8. The van der Waals surface area contributed by atoms with E-state index in [2.05, 4.69) is 20.8 Å². The van der Waals surface area contributed by atoms with Gasteiger partial charge in [-0.3, -0.25) is 9.59 Å². The Hall–Kier alpha value is -2.53. The number of allylic oxidation sites excluding steroid dienone is 2. The minimum absolute atomic E-state index is 0.173. The molecule has 3 aliphatic heterocycles. The predicted octanol–water partition coefficient (Wildman–Crippen LogP) is 4.01. The third-order valence-corrected chi connectivity index (χ3v) is 12.4. The van der Waals surface area contributed by atoms with Gasteiger partial charge in [0.05, 0.1) is 37.1 Å². The number of carbonyl (C=O) groups is 3. The number of carbonyl (C=O) groups excluding carboxylic acids is 3. The van der Waals surface area contributed by atoms with Crippen molar-refractivity contribution in [2.24, 2.45) is 39.9 Å². The fourth-order valence-electron chi connectivity index (χ4n) is 10.3. The molecule has 0 aromatic heterocycles. The lowest BCUT2D eigenvalue weighted by Crippen LogP contribution is -2.72. The van der Waals surface area contributed by atoms with Gasteiger partial charge in [-0.05, 0) is 50.7 Å². The van der Waals surface area contributed by atoms with Crippen LogP contribution in [0.5, 0.6) is 0 Å². The third kappa shape index (κ3) is 4.23. The Bertz CT molecular complexity index is 1330. The smallest absolute Gasteiger partial charge is 0.333 e. The van der Waals surface area contributed by atoms with Gasteiger partial charge in [-0.15, -0.1) is 0 Å². The molecule has 10 heteroatoms. The van der Waals surface area contributed by atoms with Crippen molar-refractivity contribution in [3.63, 3.8) is 0 Å². The van der Waals surface area contributed by atoms with Gasteiger partial charge in [0.25, 0.3) is 0 Å². The summed E-state index contributed by atoms with van der Waals surface area (Å²) in [6.07, 6.45) is 2.43. The quantitative estimate of drug-likeness (QED) is 0.210. The average Bonchev–Trinajstić information content (AvgIpc) is 3.63. The molecule has 0 amide bonds. The molecule has 0 bridgehead atoms. The van der Waals surface area contributed by atoms with Crippen molar-refractivity contribution in [3.8, 4) is 0 Å². The molecule has 0 aromatic carbocycles. The fraction of sp³-hybridized carbons (Fsp3) is 0.735. The molecule has 4 fully saturated rings. The van der Waals surface area contributed by atoms with Crippen LogP contribution < -0.4 is 0 Å². The number of rotatable bonds is 5. The van der Waals surface area contributed by atoms with Gasteiger partial charge in [-0.1, -0.05) is 32.4 Å². The van der Waals surface area contributed by atoms with Crippen molar-refractivity contribution in [1.29, 1.82) is 0 Å². The molecule has 2 saturated heterocycles. The zero-order chi connectivity index (χ0) is 31.9. The van der Waals surface area contributed by atoms with Gasteiger partial charge < -0.3 is 33.5 Å². The Kier molecular flexibility index (Phi) is 7.71. The molecule has 44 heavy (non-hydrogen) atoms. The Labute approximate surface area is 259 Å². The average molecular weight is 615 g/mol. The highest BCUT2D eigenvalue weighted by molar-refractivity contribution is 5.88. The van der Waals surface area contributed by atoms with Crippen LogP contribution in [-0.4, -0.2) is 73.5 Å². The van der Waals surface area contributed by atoms with Crippen molar-refractivity contribution in [1.82, 2.24) is 0 Å². The molecule has 3 aliphatic carbocycles. The summed E-state index contributed by atoms with van der Waals surface area (Å²) in [6.45, 7) is 13.5. The van der Waals surface area contributed by atoms with Crippen LogP contribution in [0.15, 0.2) is 35.1 Å². The molecular formula is C34H46O10. The first-order chi connectivity index (χ1) is 20.7. The first-order valence-corrected chi connectivity index (χ1v) is 15.8. The van der Waals surface area contributed by atoms with Gasteiger partial charge in [-0.25, -0.2) is 4.79 Å². The van der Waals surface area contributed by atoms with Gasteiger partial charge in [-0.2, -0.15) is 0 Å². The molecule has 2 saturated carbocycles. The largest absolute Gasteiger partial charge is 0.462 e. The maximum Gasteiger partial charge on any atom is 0.333 e. The molecule has 0 aromatic rings. The number of hydrogen-bond donors (Lipinski definition) is 1. The van der Waals surface area contributed by atoms with Crippen LogP contribution in [0, 0.1) is 39.9 Å². The van der Waals surface area contributed by atoms with Gasteiger partial charge >= 0.3 is 17.9 Å². The summed E-state index contributed by atoms with van der Waals surface area (Å²) < 4.78 is 36.9. The molecule has 10 nitrogen and oxygen atoms in total. The first-order valence-electron chi connectivity index (χ1n) is 15.8. The molecule has 3 heterocycles. The number of fused-ring (bicyclic) bond motifs is 4. The summed E-state index contributed by atoms with van der Waals surface area (Å²) in [5, 5.41) is 12.2. The van der Waals surface area contributed by atoms with Crippen LogP contribution >= 0.6 is 0 Å². The van der Waals surface area contributed by atoms with Crippen molar-refractivity contribution in [2.45, 2.75) is 105 Å². The van der Waals surface area contributed by atoms with Gasteiger partial charge in [0, 0.05) is 54.6 Å². The topological polar surface area (TPSA) is 127 Å². The summed E-state index contributed by atoms with van der Waals surface area (Å²) in [4.78, 5) is 38.6. The number of methoxy groups -OCH3 is 1. The van der Waals surface area contributed by atoms with Crippen molar-refractivity contribution < 1.29 is 47.9 Å². The van der Waals surface area contributed by atoms with Crippen LogP contribution in [0.2, 0.25) is 0 Å². The summed E-state index contributed by atoms with van der Waals surface area (Å²) in [6, 6.07) is 0. The zero-order valence-electron chi connectivity index (χ0n) is 27.0. The van der Waals surface area contributed by atoms with E-state index in [0.29, 0.717) is 18.4 Å². The molecule has 0 unspecified atom stereocenters. The molecule has 0 radical (unpaired) electrons. The predicted molar refractivity (Wildman–Crippen MR) is 156 cm³/mol. The van der Waals surface area contributed by atoms with Crippen LogP contribution in [-0.2, 0) is 42.8 Å². The highest BCUT2D eigenvalue weighted by Crippen LogP contribution is 2.72. The van der Waals surface area contributed by atoms with E-state index in [-0.39, 0.29) is 36.8 Å². The zero-order valence-corrected chi connectivity index (χ0v) is 27.0. The van der Waals surface area contributed by atoms with Crippen LogP contribution in [0.4, 0.5) is 0 Å². The third-order valence-electron chi connectivity index (χ3n) is 12.4. The standard InChI is InChI=1S/C34H46O10/c1-9-16(2)30(37)44-29-27-28-32(5,15-41-27)24(42-18(4)35)14-23(36)33(28,6)22-13-25(39-8)43-21-12-20(19-10-11-40-31(19)38)17(3)26(21)34(22,29)7/h9-11,19-25,27-29,36H,12-15H2,1-8H3/b16-9+/t19-,20-,21+,22-,23+,24-,25-,27-,28+,29-,32-,33+,34-/m1/s1. The van der Waals surface area contributed by atoms with E-state index in [1.165, 1.54) is 13.2 Å². The van der Waals surface area contributed by atoms with Gasteiger partial charge in [0.2, 0.25) is 0 Å². The molecule has 13 atom stereocenters. The number of cyclic esters (lactones) is 1. The van der Waals surface area contributed by atoms with Gasteiger partial charge in [0.1, 0.15) is 12.2 Å². The fourth-order valence-corrected chi connectivity index (χ4v) is 10.3. The van der Waals surface area contributed by atoms with Crippen molar-refractivity contribution in [3.05, 3.63) is 35.1 Å². The summed E-state index contributed by atoms with van der Waals surface area (Å²) in [7, 11) is 1.62. The van der Waals surface area contributed by atoms with Crippen molar-refractivity contribution in [2.75, 3.05) is 13.7 Å². The molecule has 6 aliphatic rings. The van der Waals surface area contributed by atoms with E-state index in [1.54, 1.807) is 33.1 Å². The van der Waals surface area contributed by atoms with E-state index in [9.17, 15) is 19.5 Å². The maximum atomic E-state index is 13.6. The summed E-state index contributed by atoms with van der Waals surface area (Å²) >= 11 is 0. The molecule has 242 valence electrons. The second-order valence-electron chi connectivity index (χ2n) is 14.4. The molecular weight excluding hydrogens is 568 g/mol. The SMILES string of the molecule is C/C=C(\C)C(=O)O[C@@H]1[C@@H]2OC[C@]3(C)[C@H](OC(C)=O)C[C@H](O)[C@@](C)([C@@H]23)[C@H]2C[C@H](OC)O[C@H]3C[C@@H]([C@H]4C=COC4=O)C(C)=C3[C@]12C. The Morgan fingerprint density at radius 1 is 1.11 bits per heavy atom. The van der Waals surface area contributed by atoms with E-state index in [4.69, 9.17) is 28.4 Å². The first kappa shape index (κ1) is 31.5. The second kappa shape index (κ2) is 10.8. The Morgan fingerprint density at radius 2 is 1.84 bits per heavy atom. The number of hydrogen-bond acceptors (Lipinski definition) is 10. The van der Waals surface area contributed by atoms with E-state index < -0.39 is 70.9 Å². The van der Waals surface area contributed by atoms with Crippen LogP contribution in [0.1, 0.15) is 67.7 Å². The number of esters is 3. The van der Waals surface area contributed by atoms with Crippen LogP contribution in [0.3, 0.4) is 0 Å². The molecule has 0 spiro atoms. The lowest BCUT2D eigenvalue weighted by Gasteiger charge is -2.66. The lowest BCUT2D eigenvalue weighted by atomic mass is 9.39. The minimum atomic E-state index is -0.858. The summed E-state index contributed by atoms with van der Waals surface area (Å²) in [5.41, 5.74) is 0.201. The lowest BCUT2D eigenvalue weighted by molar-refractivity contribution is -0.259. The second-order valence-corrected chi connectivity index (χ2v) is 14.4. The molecule has 6 rings (SSSR count). The van der Waals surface area contributed by atoms with E-state index >= 15 is 0 Å². The monoisotopic (exact) mass is 614 g/mol. The maximum absolute atomic E-state index is 13.6. The molecule has 1 N–H and O–H groups in total.